The number of ether oxygens (including phenoxy) is 1. The van der Waals surface area contributed by atoms with E-state index in [4.69, 9.17) is 4.74 Å². The van der Waals surface area contributed by atoms with Crippen molar-refractivity contribution in [1.29, 1.82) is 0 Å². The molecular weight excluding hydrogens is 420 g/mol. The average molecular weight is 459 g/mol. The molecule has 1 saturated heterocycles. The largest absolute Gasteiger partial charge is 0.491 e. The second-order valence-electron chi connectivity index (χ2n) is 9.70. The van der Waals surface area contributed by atoms with Crippen molar-refractivity contribution in [3.05, 3.63) is 101 Å². The summed E-state index contributed by atoms with van der Waals surface area (Å²) in [5.41, 5.74) is 5.24. The number of rotatable bonds is 9. The maximum Gasteiger partial charge on any atom is 0.119 e. The lowest BCUT2D eigenvalue weighted by Gasteiger charge is -2.40. The Kier molecular flexibility index (Phi) is 8.39. The summed E-state index contributed by atoms with van der Waals surface area (Å²) in [5, 5.41) is 10.6. The number of benzene rings is 3. The SMILES string of the molecule is Cc1cc(OCC(O)CN2CCN(C(c3ccccc3)c3ccccc3)CC2)ccc1C(C)C. The van der Waals surface area contributed by atoms with Gasteiger partial charge < -0.3 is 9.84 Å². The van der Waals surface area contributed by atoms with Gasteiger partial charge in [0.1, 0.15) is 18.5 Å². The van der Waals surface area contributed by atoms with Crippen LogP contribution in [0.3, 0.4) is 0 Å². The Hall–Kier alpha value is -2.66. The van der Waals surface area contributed by atoms with E-state index in [9.17, 15) is 5.11 Å². The van der Waals surface area contributed by atoms with Crippen LogP contribution in [0.2, 0.25) is 0 Å². The van der Waals surface area contributed by atoms with Crippen LogP contribution in [0.1, 0.15) is 48.1 Å². The van der Waals surface area contributed by atoms with Gasteiger partial charge in [0.15, 0.2) is 0 Å². The quantitative estimate of drug-likeness (QED) is 0.474. The van der Waals surface area contributed by atoms with E-state index in [1.807, 2.05) is 6.07 Å². The molecule has 1 N–H and O–H groups in total. The van der Waals surface area contributed by atoms with E-state index >= 15 is 0 Å². The monoisotopic (exact) mass is 458 g/mol. The Morgan fingerprint density at radius 3 is 1.94 bits per heavy atom. The maximum atomic E-state index is 10.6. The molecule has 34 heavy (non-hydrogen) atoms. The Morgan fingerprint density at radius 1 is 0.824 bits per heavy atom. The van der Waals surface area contributed by atoms with Crippen LogP contribution >= 0.6 is 0 Å². The van der Waals surface area contributed by atoms with Crippen LogP contribution in [0.4, 0.5) is 0 Å². The summed E-state index contributed by atoms with van der Waals surface area (Å²) in [6.45, 7) is 11.3. The van der Waals surface area contributed by atoms with Crippen molar-refractivity contribution < 1.29 is 9.84 Å². The molecule has 4 rings (SSSR count). The van der Waals surface area contributed by atoms with Gasteiger partial charge in [-0.15, -0.1) is 0 Å². The highest BCUT2D eigenvalue weighted by molar-refractivity contribution is 5.36. The van der Waals surface area contributed by atoms with Gasteiger partial charge in [0.2, 0.25) is 0 Å². The Bertz CT molecular complexity index is 975. The number of nitrogens with zero attached hydrogens (tertiary/aromatic N) is 2. The first-order valence-corrected chi connectivity index (χ1v) is 12.5. The summed E-state index contributed by atoms with van der Waals surface area (Å²) in [4.78, 5) is 4.91. The summed E-state index contributed by atoms with van der Waals surface area (Å²) >= 11 is 0. The zero-order chi connectivity index (χ0) is 23.9. The Labute approximate surface area is 204 Å². The summed E-state index contributed by atoms with van der Waals surface area (Å²) in [6, 6.07) is 28.0. The summed E-state index contributed by atoms with van der Waals surface area (Å²) in [7, 11) is 0. The first-order chi connectivity index (χ1) is 16.5. The number of hydrogen-bond acceptors (Lipinski definition) is 4. The van der Waals surface area contributed by atoms with Crippen molar-refractivity contribution in [2.24, 2.45) is 0 Å². The fraction of sp³-hybridized carbons (Fsp3) is 0.400. The Morgan fingerprint density at radius 2 is 1.41 bits per heavy atom. The third-order valence-electron chi connectivity index (χ3n) is 6.78. The van der Waals surface area contributed by atoms with Gasteiger partial charge in [0.05, 0.1) is 6.04 Å². The molecule has 1 atom stereocenters. The third-order valence-corrected chi connectivity index (χ3v) is 6.78. The van der Waals surface area contributed by atoms with E-state index in [2.05, 4.69) is 103 Å². The molecule has 1 unspecified atom stereocenters. The molecule has 0 aliphatic carbocycles. The highest BCUT2D eigenvalue weighted by atomic mass is 16.5. The normalized spacial score (nSPS) is 16.2. The lowest BCUT2D eigenvalue weighted by atomic mass is 9.96. The standard InChI is InChI=1S/C30H38N2O2/c1-23(2)29-15-14-28(20-24(29)3)34-22-27(33)21-31-16-18-32(19-17-31)30(25-10-6-4-7-11-25)26-12-8-5-9-13-26/h4-15,20,23,27,30,33H,16-19,21-22H2,1-3H3. The molecule has 1 aliphatic heterocycles. The van der Waals surface area contributed by atoms with Crippen molar-refractivity contribution in [3.8, 4) is 5.75 Å². The van der Waals surface area contributed by atoms with E-state index in [0.29, 0.717) is 19.1 Å². The smallest absolute Gasteiger partial charge is 0.119 e. The van der Waals surface area contributed by atoms with Gasteiger partial charge in [0.25, 0.3) is 0 Å². The van der Waals surface area contributed by atoms with Crippen LogP contribution in [-0.4, -0.2) is 60.3 Å². The first kappa shape index (κ1) is 24.5. The van der Waals surface area contributed by atoms with Gasteiger partial charge in [-0.2, -0.15) is 0 Å². The predicted octanol–water partition coefficient (Wildman–Crippen LogP) is 5.27. The molecular formula is C30H38N2O2. The third kappa shape index (κ3) is 6.26. The van der Waals surface area contributed by atoms with E-state index in [0.717, 1.165) is 31.9 Å². The number of aryl methyl sites for hydroxylation is 1. The van der Waals surface area contributed by atoms with Crippen molar-refractivity contribution >= 4 is 0 Å². The molecule has 0 amide bonds. The number of aliphatic hydroxyl groups is 1. The second kappa shape index (κ2) is 11.7. The van der Waals surface area contributed by atoms with E-state index in [1.165, 1.54) is 22.3 Å². The van der Waals surface area contributed by atoms with E-state index < -0.39 is 6.10 Å². The molecule has 180 valence electrons. The summed E-state index contributed by atoms with van der Waals surface area (Å²) < 4.78 is 5.91. The van der Waals surface area contributed by atoms with Gasteiger partial charge in [-0.3, -0.25) is 9.80 Å². The predicted molar refractivity (Wildman–Crippen MR) is 140 cm³/mol. The Balaban J connectivity index is 1.30. The van der Waals surface area contributed by atoms with Gasteiger partial charge in [-0.1, -0.05) is 80.6 Å². The first-order valence-electron chi connectivity index (χ1n) is 12.5. The van der Waals surface area contributed by atoms with Crippen LogP contribution in [-0.2, 0) is 0 Å². The van der Waals surface area contributed by atoms with E-state index in [-0.39, 0.29) is 6.04 Å². The van der Waals surface area contributed by atoms with Gasteiger partial charge in [-0.25, -0.2) is 0 Å². The minimum absolute atomic E-state index is 0.259. The minimum atomic E-state index is -0.504. The van der Waals surface area contributed by atoms with Crippen LogP contribution in [0.25, 0.3) is 0 Å². The fourth-order valence-electron chi connectivity index (χ4n) is 5.02. The fourth-order valence-corrected chi connectivity index (χ4v) is 5.02. The molecule has 0 radical (unpaired) electrons. The van der Waals surface area contributed by atoms with Crippen molar-refractivity contribution in [2.45, 2.75) is 38.8 Å². The molecule has 0 spiro atoms. The zero-order valence-corrected chi connectivity index (χ0v) is 20.7. The summed E-state index contributed by atoms with van der Waals surface area (Å²) in [6.07, 6.45) is -0.504. The van der Waals surface area contributed by atoms with E-state index in [1.54, 1.807) is 0 Å². The molecule has 1 fully saturated rings. The maximum absolute atomic E-state index is 10.6. The minimum Gasteiger partial charge on any atom is -0.491 e. The summed E-state index contributed by atoms with van der Waals surface area (Å²) in [5.74, 6) is 1.33. The molecule has 0 bridgehead atoms. The van der Waals surface area contributed by atoms with Gasteiger partial charge in [0, 0.05) is 32.7 Å². The molecule has 1 heterocycles. The number of aliphatic hydroxyl groups excluding tert-OH is 1. The van der Waals surface area contributed by atoms with Crippen LogP contribution in [0, 0.1) is 6.92 Å². The molecule has 3 aromatic carbocycles. The number of β-amino-alcohol motifs (C(OH)–C–C–N with tert-alkyl or cyclic N) is 1. The van der Waals surface area contributed by atoms with Crippen molar-refractivity contribution in [2.75, 3.05) is 39.3 Å². The van der Waals surface area contributed by atoms with Gasteiger partial charge >= 0.3 is 0 Å². The van der Waals surface area contributed by atoms with Crippen LogP contribution in [0.15, 0.2) is 78.9 Å². The topological polar surface area (TPSA) is 35.9 Å². The highest BCUT2D eigenvalue weighted by Gasteiger charge is 2.27. The molecule has 0 aromatic heterocycles. The second-order valence-corrected chi connectivity index (χ2v) is 9.70. The highest BCUT2D eigenvalue weighted by Crippen LogP contribution is 2.29. The zero-order valence-electron chi connectivity index (χ0n) is 20.7. The van der Waals surface area contributed by atoms with Crippen molar-refractivity contribution in [1.82, 2.24) is 9.80 Å². The van der Waals surface area contributed by atoms with Gasteiger partial charge in [-0.05, 0) is 47.2 Å². The van der Waals surface area contributed by atoms with Crippen LogP contribution < -0.4 is 4.74 Å². The molecule has 4 heteroatoms. The number of piperazine rings is 1. The molecule has 0 saturated carbocycles. The average Bonchev–Trinajstić information content (AvgIpc) is 2.85. The van der Waals surface area contributed by atoms with Crippen LogP contribution in [0.5, 0.6) is 5.75 Å². The lowest BCUT2D eigenvalue weighted by molar-refractivity contribution is 0.0400. The molecule has 3 aromatic rings. The lowest BCUT2D eigenvalue weighted by Crippen LogP contribution is -2.50. The molecule has 1 aliphatic rings. The number of hydrogen-bond donors (Lipinski definition) is 1. The van der Waals surface area contributed by atoms with Crippen molar-refractivity contribution in [3.63, 3.8) is 0 Å². The molecule has 4 nitrogen and oxygen atoms in total.